The summed E-state index contributed by atoms with van der Waals surface area (Å²) in [6, 6.07) is 18.9. The Kier molecular flexibility index (Phi) is 10.4. The lowest BCUT2D eigenvalue weighted by Crippen LogP contribution is -2.51. The predicted octanol–water partition coefficient (Wildman–Crippen LogP) is 4.80. The molecule has 39 heavy (non-hydrogen) atoms. The first-order valence-corrected chi connectivity index (χ1v) is 14.4. The van der Waals surface area contributed by atoms with Crippen LogP contribution in [0.2, 0.25) is 5.02 Å². The van der Waals surface area contributed by atoms with Crippen LogP contribution in [0.25, 0.3) is 0 Å². The number of halogens is 1. The Labute approximate surface area is 235 Å². The van der Waals surface area contributed by atoms with Crippen molar-refractivity contribution in [2.24, 2.45) is 0 Å². The van der Waals surface area contributed by atoms with Crippen LogP contribution in [0.15, 0.2) is 77.7 Å². The third-order valence-corrected chi connectivity index (χ3v) is 8.27. The van der Waals surface area contributed by atoms with Gasteiger partial charge in [-0.3, -0.25) is 13.9 Å². The molecular weight excluding hydrogens is 538 g/mol. The highest BCUT2D eigenvalue weighted by atomic mass is 35.5. The standard InChI is InChI=1S/C29H34ClN3O5S/c1-5-18-31-29(35)22(3)32(19-23-8-14-26(38-4)15-9-23)28(34)20-33(25-12-10-24(30)11-13-25)39(36,37)27-16-6-21(2)7-17-27/h6-17,22H,5,18-20H2,1-4H3,(H,31,35)/t22-/m1/s1. The van der Waals surface area contributed by atoms with E-state index in [2.05, 4.69) is 5.32 Å². The number of carbonyl (C=O) groups excluding carboxylic acids is 2. The molecule has 0 aliphatic rings. The minimum absolute atomic E-state index is 0.0475. The molecule has 3 rings (SSSR count). The van der Waals surface area contributed by atoms with Gasteiger partial charge in [-0.15, -0.1) is 0 Å². The second kappa shape index (κ2) is 13.5. The maximum Gasteiger partial charge on any atom is 0.264 e. The number of methoxy groups -OCH3 is 1. The Morgan fingerprint density at radius 2 is 1.59 bits per heavy atom. The van der Waals surface area contributed by atoms with Gasteiger partial charge in [0.15, 0.2) is 0 Å². The number of rotatable bonds is 12. The van der Waals surface area contributed by atoms with Crippen LogP contribution in [0, 0.1) is 6.92 Å². The number of nitrogens with zero attached hydrogens (tertiary/aromatic N) is 2. The molecule has 0 saturated heterocycles. The molecule has 1 atom stereocenters. The van der Waals surface area contributed by atoms with Crippen molar-refractivity contribution in [2.75, 3.05) is 24.5 Å². The first-order valence-electron chi connectivity index (χ1n) is 12.6. The number of benzene rings is 3. The van der Waals surface area contributed by atoms with Crippen LogP contribution in [-0.4, -0.2) is 51.4 Å². The average molecular weight is 572 g/mol. The van der Waals surface area contributed by atoms with Crippen molar-refractivity contribution in [2.45, 2.75) is 44.7 Å². The van der Waals surface area contributed by atoms with E-state index in [1.165, 1.54) is 17.0 Å². The van der Waals surface area contributed by atoms with Gasteiger partial charge in [0.25, 0.3) is 10.0 Å². The lowest BCUT2D eigenvalue weighted by atomic mass is 10.1. The van der Waals surface area contributed by atoms with E-state index in [0.29, 0.717) is 17.3 Å². The molecule has 0 unspecified atom stereocenters. The van der Waals surface area contributed by atoms with Crippen LogP contribution in [0.1, 0.15) is 31.4 Å². The molecule has 208 valence electrons. The van der Waals surface area contributed by atoms with Crippen molar-refractivity contribution in [1.29, 1.82) is 0 Å². The van der Waals surface area contributed by atoms with Crippen LogP contribution in [-0.2, 0) is 26.2 Å². The van der Waals surface area contributed by atoms with Crippen LogP contribution < -0.4 is 14.4 Å². The Balaban J connectivity index is 2.00. The zero-order valence-corrected chi connectivity index (χ0v) is 24.1. The zero-order valence-electron chi connectivity index (χ0n) is 22.6. The number of aryl methyl sites for hydroxylation is 1. The van der Waals surface area contributed by atoms with Gasteiger partial charge in [0.1, 0.15) is 18.3 Å². The number of amides is 2. The van der Waals surface area contributed by atoms with Gasteiger partial charge in [-0.2, -0.15) is 0 Å². The Hall–Kier alpha value is -3.56. The maximum atomic E-state index is 13.9. The van der Waals surface area contributed by atoms with E-state index >= 15 is 0 Å². The van der Waals surface area contributed by atoms with E-state index in [1.54, 1.807) is 74.7 Å². The van der Waals surface area contributed by atoms with E-state index in [0.717, 1.165) is 21.9 Å². The van der Waals surface area contributed by atoms with Crippen molar-refractivity contribution in [3.05, 3.63) is 88.9 Å². The van der Waals surface area contributed by atoms with Gasteiger partial charge in [0.2, 0.25) is 11.8 Å². The van der Waals surface area contributed by atoms with Crippen LogP contribution in [0.4, 0.5) is 5.69 Å². The van der Waals surface area contributed by atoms with Crippen molar-refractivity contribution in [3.63, 3.8) is 0 Å². The summed E-state index contributed by atoms with van der Waals surface area (Å²) in [6.45, 7) is 5.48. The van der Waals surface area contributed by atoms with Gasteiger partial charge in [0, 0.05) is 18.1 Å². The monoisotopic (exact) mass is 571 g/mol. The smallest absolute Gasteiger partial charge is 0.264 e. The first kappa shape index (κ1) is 30.0. The van der Waals surface area contributed by atoms with E-state index in [-0.39, 0.29) is 23.0 Å². The molecule has 2 amide bonds. The summed E-state index contributed by atoms with van der Waals surface area (Å²) in [5.74, 6) is -0.197. The third kappa shape index (κ3) is 7.74. The minimum atomic E-state index is -4.13. The van der Waals surface area contributed by atoms with E-state index in [1.807, 2.05) is 13.8 Å². The predicted molar refractivity (Wildman–Crippen MR) is 153 cm³/mol. The Morgan fingerprint density at radius 1 is 0.974 bits per heavy atom. The summed E-state index contributed by atoms with van der Waals surface area (Å²) in [5, 5.41) is 3.26. The Morgan fingerprint density at radius 3 is 2.15 bits per heavy atom. The lowest BCUT2D eigenvalue weighted by molar-refractivity contribution is -0.139. The maximum absolute atomic E-state index is 13.9. The number of hydrogen-bond acceptors (Lipinski definition) is 5. The van der Waals surface area contributed by atoms with E-state index < -0.39 is 28.5 Å². The summed E-state index contributed by atoms with van der Waals surface area (Å²) < 4.78 is 33.9. The van der Waals surface area contributed by atoms with Crippen LogP contribution in [0.3, 0.4) is 0 Å². The second-order valence-corrected chi connectivity index (χ2v) is 11.4. The number of sulfonamides is 1. The van der Waals surface area contributed by atoms with Crippen molar-refractivity contribution in [3.8, 4) is 5.75 Å². The number of hydrogen-bond donors (Lipinski definition) is 1. The summed E-state index contributed by atoms with van der Waals surface area (Å²) in [6.07, 6.45) is 0.740. The quantitative estimate of drug-likeness (QED) is 0.337. The van der Waals surface area contributed by atoms with E-state index in [9.17, 15) is 18.0 Å². The van der Waals surface area contributed by atoms with Gasteiger partial charge in [0.05, 0.1) is 17.7 Å². The molecule has 0 aliphatic carbocycles. The molecular formula is C29H34ClN3O5S. The van der Waals surface area contributed by atoms with Gasteiger partial charge in [-0.05, 0) is 74.4 Å². The first-order chi connectivity index (χ1) is 18.6. The van der Waals surface area contributed by atoms with Gasteiger partial charge < -0.3 is 15.0 Å². The summed E-state index contributed by atoms with van der Waals surface area (Å²) >= 11 is 6.05. The lowest BCUT2D eigenvalue weighted by Gasteiger charge is -2.32. The van der Waals surface area contributed by atoms with Gasteiger partial charge in [-0.1, -0.05) is 48.4 Å². The number of ether oxygens (including phenoxy) is 1. The van der Waals surface area contributed by atoms with Crippen molar-refractivity contribution < 1.29 is 22.7 Å². The van der Waals surface area contributed by atoms with Gasteiger partial charge >= 0.3 is 0 Å². The number of anilines is 1. The molecule has 8 nitrogen and oxygen atoms in total. The highest BCUT2D eigenvalue weighted by Gasteiger charge is 2.32. The average Bonchev–Trinajstić information content (AvgIpc) is 2.93. The number of carbonyl (C=O) groups is 2. The van der Waals surface area contributed by atoms with Crippen LogP contribution in [0.5, 0.6) is 5.75 Å². The van der Waals surface area contributed by atoms with Crippen molar-refractivity contribution >= 4 is 39.1 Å². The molecule has 1 N–H and O–H groups in total. The molecule has 0 saturated carbocycles. The topological polar surface area (TPSA) is 96.0 Å². The molecule has 0 radical (unpaired) electrons. The molecule has 0 heterocycles. The molecule has 0 aromatic heterocycles. The molecule has 0 bridgehead atoms. The van der Waals surface area contributed by atoms with Crippen LogP contribution >= 0.6 is 11.6 Å². The minimum Gasteiger partial charge on any atom is -0.497 e. The van der Waals surface area contributed by atoms with Crippen molar-refractivity contribution in [1.82, 2.24) is 10.2 Å². The normalized spacial score (nSPS) is 11.9. The highest BCUT2D eigenvalue weighted by Crippen LogP contribution is 2.26. The SMILES string of the molecule is CCCNC(=O)[C@@H](C)N(Cc1ccc(OC)cc1)C(=O)CN(c1ccc(Cl)cc1)S(=O)(=O)c1ccc(C)cc1. The van der Waals surface area contributed by atoms with E-state index in [4.69, 9.17) is 16.3 Å². The molecule has 3 aromatic carbocycles. The van der Waals surface area contributed by atoms with Gasteiger partial charge in [-0.25, -0.2) is 8.42 Å². The zero-order chi connectivity index (χ0) is 28.6. The summed E-state index contributed by atoms with van der Waals surface area (Å²) in [7, 11) is -2.57. The fourth-order valence-corrected chi connectivity index (χ4v) is 5.42. The number of nitrogens with one attached hydrogen (secondary N) is 1. The molecule has 10 heteroatoms. The third-order valence-electron chi connectivity index (χ3n) is 6.23. The molecule has 0 fully saturated rings. The highest BCUT2D eigenvalue weighted by molar-refractivity contribution is 7.92. The molecule has 0 spiro atoms. The summed E-state index contributed by atoms with van der Waals surface area (Å²) in [5.41, 5.74) is 1.94. The summed E-state index contributed by atoms with van der Waals surface area (Å²) in [4.78, 5) is 28.2. The second-order valence-electron chi connectivity index (χ2n) is 9.14. The Bertz CT molecular complexity index is 1360. The molecule has 3 aromatic rings. The fourth-order valence-electron chi connectivity index (χ4n) is 3.88. The fraction of sp³-hybridized carbons (Fsp3) is 0.310. The largest absolute Gasteiger partial charge is 0.497 e. The molecule has 0 aliphatic heterocycles.